The lowest BCUT2D eigenvalue weighted by atomic mass is 9.94. The molecule has 0 bridgehead atoms. The van der Waals surface area contributed by atoms with E-state index in [1.54, 1.807) is 18.2 Å². The molecule has 1 fully saturated rings. The zero-order chi connectivity index (χ0) is 30.3. The number of amides is 2. The number of halogens is 3. The minimum atomic E-state index is -3.92. The second-order valence-electron chi connectivity index (χ2n) is 10.6. The van der Waals surface area contributed by atoms with Crippen LogP contribution in [0.25, 0.3) is 0 Å². The lowest BCUT2D eigenvalue weighted by molar-refractivity contribution is -0.140. The van der Waals surface area contributed by atoms with Crippen LogP contribution < -0.4 is 9.62 Å². The van der Waals surface area contributed by atoms with Gasteiger partial charge in [0.25, 0.3) is 0 Å². The highest BCUT2D eigenvalue weighted by molar-refractivity contribution is 7.92. The van der Waals surface area contributed by atoms with E-state index in [1.807, 2.05) is 36.4 Å². The SMILES string of the molecule is CS(=O)(=O)N(CC(=O)N(Cc1cccc(Cl)c1)C(Cc1ccccc1)C(=O)NC1CCCCC1)c1ccc(Cl)c(Cl)c1. The Kier molecular flexibility index (Phi) is 11.2. The quantitative estimate of drug-likeness (QED) is 0.257. The number of hydrogen-bond acceptors (Lipinski definition) is 4. The van der Waals surface area contributed by atoms with Crippen molar-refractivity contribution in [2.24, 2.45) is 0 Å². The third-order valence-electron chi connectivity index (χ3n) is 7.33. The molecule has 11 heteroatoms. The van der Waals surface area contributed by atoms with Gasteiger partial charge in [-0.2, -0.15) is 0 Å². The van der Waals surface area contributed by atoms with Crippen LogP contribution in [-0.2, 0) is 32.6 Å². The smallest absolute Gasteiger partial charge is 0.244 e. The zero-order valence-electron chi connectivity index (χ0n) is 23.3. The van der Waals surface area contributed by atoms with Crippen molar-refractivity contribution in [1.82, 2.24) is 10.2 Å². The van der Waals surface area contributed by atoms with Crippen molar-refractivity contribution in [1.29, 1.82) is 0 Å². The second kappa shape index (κ2) is 14.6. The number of benzene rings is 3. The summed E-state index contributed by atoms with van der Waals surface area (Å²) in [6.07, 6.45) is 6.23. The van der Waals surface area contributed by atoms with Gasteiger partial charge < -0.3 is 10.2 Å². The van der Waals surface area contributed by atoms with Crippen LogP contribution in [0.1, 0.15) is 43.2 Å². The predicted octanol–water partition coefficient (Wildman–Crippen LogP) is 6.50. The fraction of sp³-hybridized carbons (Fsp3) is 0.355. The highest BCUT2D eigenvalue weighted by Crippen LogP contribution is 2.29. The van der Waals surface area contributed by atoms with Gasteiger partial charge in [-0.05, 0) is 54.3 Å². The molecule has 0 saturated heterocycles. The molecule has 7 nitrogen and oxygen atoms in total. The summed E-state index contributed by atoms with van der Waals surface area (Å²) in [4.78, 5) is 29.6. The molecule has 42 heavy (non-hydrogen) atoms. The standard InChI is InChI=1S/C31H34Cl3N3O4S/c1-42(40,41)37(26-15-16-27(33)28(34)19-26)21-30(38)36(20-23-11-8-12-24(32)17-23)29(18-22-9-4-2-5-10-22)31(39)35-25-13-6-3-7-14-25/h2,4-5,8-12,15-17,19,25,29H,3,6-7,13-14,18,20-21H2,1H3,(H,35,39). The molecule has 1 saturated carbocycles. The molecule has 0 aliphatic heterocycles. The second-order valence-corrected chi connectivity index (χ2v) is 13.7. The average molecular weight is 651 g/mol. The molecule has 4 rings (SSSR count). The first-order chi connectivity index (χ1) is 20.0. The molecule has 0 aromatic heterocycles. The highest BCUT2D eigenvalue weighted by atomic mass is 35.5. The molecule has 0 radical (unpaired) electrons. The van der Waals surface area contributed by atoms with Crippen molar-refractivity contribution in [3.63, 3.8) is 0 Å². The van der Waals surface area contributed by atoms with E-state index >= 15 is 0 Å². The van der Waals surface area contributed by atoms with E-state index in [0.717, 1.165) is 48.2 Å². The van der Waals surface area contributed by atoms with E-state index in [0.29, 0.717) is 10.6 Å². The minimum absolute atomic E-state index is 0.0244. The Balaban J connectivity index is 1.73. The molecule has 3 aromatic rings. The number of hydrogen-bond donors (Lipinski definition) is 1. The van der Waals surface area contributed by atoms with Gasteiger partial charge in [-0.15, -0.1) is 0 Å². The van der Waals surface area contributed by atoms with Crippen LogP contribution in [0, 0.1) is 0 Å². The van der Waals surface area contributed by atoms with Crippen molar-refractivity contribution in [3.8, 4) is 0 Å². The van der Waals surface area contributed by atoms with Gasteiger partial charge in [0.2, 0.25) is 21.8 Å². The molecular weight excluding hydrogens is 617 g/mol. The normalized spacial score (nSPS) is 14.7. The van der Waals surface area contributed by atoms with E-state index in [-0.39, 0.29) is 40.6 Å². The van der Waals surface area contributed by atoms with Crippen molar-refractivity contribution < 1.29 is 18.0 Å². The molecule has 224 valence electrons. The first kappa shape index (κ1) is 32.1. The first-order valence-corrected chi connectivity index (χ1v) is 16.8. The fourth-order valence-electron chi connectivity index (χ4n) is 5.18. The topological polar surface area (TPSA) is 86.8 Å². The number of sulfonamides is 1. The van der Waals surface area contributed by atoms with Crippen molar-refractivity contribution in [2.75, 3.05) is 17.1 Å². The molecular formula is C31H34Cl3N3O4S. The third kappa shape index (κ3) is 8.86. The molecule has 1 atom stereocenters. The number of nitrogens with zero attached hydrogens (tertiary/aromatic N) is 2. The van der Waals surface area contributed by atoms with Crippen LogP contribution in [0.5, 0.6) is 0 Å². The largest absolute Gasteiger partial charge is 0.352 e. The van der Waals surface area contributed by atoms with Crippen LogP contribution in [0.3, 0.4) is 0 Å². The summed E-state index contributed by atoms with van der Waals surface area (Å²) in [6.45, 7) is -0.493. The molecule has 0 heterocycles. The Morgan fingerprint density at radius 3 is 2.21 bits per heavy atom. The Morgan fingerprint density at radius 2 is 1.57 bits per heavy atom. The summed E-state index contributed by atoms with van der Waals surface area (Å²) in [5, 5.41) is 4.07. The van der Waals surface area contributed by atoms with Crippen LogP contribution in [0.4, 0.5) is 5.69 Å². The van der Waals surface area contributed by atoms with Gasteiger partial charge in [-0.3, -0.25) is 13.9 Å². The monoisotopic (exact) mass is 649 g/mol. The summed E-state index contributed by atoms with van der Waals surface area (Å²) in [5.41, 5.74) is 1.77. The lowest BCUT2D eigenvalue weighted by Gasteiger charge is -2.35. The first-order valence-electron chi connectivity index (χ1n) is 13.8. The van der Waals surface area contributed by atoms with E-state index in [1.165, 1.54) is 23.1 Å². The van der Waals surface area contributed by atoms with Gasteiger partial charge in [-0.25, -0.2) is 8.42 Å². The maximum absolute atomic E-state index is 14.2. The third-order valence-corrected chi connectivity index (χ3v) is 9.45. The van der Waals surface area contributed by atoms with Gasteiger partial charge in [0.05, 0.1) is 22.0 Å². The summed E-state index contributed by atoms with van der Waals surface area (Å²) < 4.78 is 26.8. The predicted molar refractivity (Wildman–Crippen MR) is 170 cm³/mol. The molecule has 0 spiro atoms. The molecule has 3 aromatic carbocycles. The van der Waals surface area contributed by atoms with Gasteiger partial charge in [-0.1, -0.05) is 96.5 Å². The van der Waals surface area contributed by atoms with Crippen LogP contribution in [-0.4, -0.2) is 50.0 Å². The van der Waals surface area contributed by atoms with Crippen LogP contribution in [0.2, 0.25) is 15.1 Å². The van der Waals surface area contributed by atoms with E-state index < -0.39 is 28.5 Å². The lowest BCUT2D eigenvalue weighted by Crippen LogP contribution is -2.55. The molecule has 1 aliphatic rings. The van der Waals surface area contributed by atoms with Gasteiger partial charge in [0.15, 0.2) is 0 Å². The summed E-state index contributed by atoms with van der Waals surface area (Å²) >= 11 is 18.5. The number of rotatable bonds is 11. The minimum Gasteiger partial charge on any atom is -0.352 e. The van der Waals surface area contributed by atoms with Crippen molar-refractivity contribution >= 4 is 62.3 Å². The zero-order valence-corrected chi connectivity index (χ0v) is 26.4. The highest BCUT2D eigenvalue weighted by Gasteiger charge is 2.34. The van der Waals surface area contributed by atoms with Gasteiger partial charge in [0.1, 0.15) is 12.6 Å². The maximum Gasteiger partial charge on any atom is 0.244 e. The Morgan fingerprint density at radius 1 is 0.881 bits per heavy atom. The van der Waals surface area contributed by atoms with E-state index in [4.69, 9.17) is 34.8 Å². The Hall–Kier alpha value is -2.78. The summed E-state index contributed by atoms with van der Waals surface area (Å²) in [5.74, 6) is -0.826. The van der Waals surface area contributed by atoms with Crippen LogP contribution in [0.15, 0.2) is 72.8 Å². The molecule has 1 N–H and O–H groups in total. The average Bonchev–Trinajstić information content (AvgIpc) is 2.95. The van der Waals surface area contributed by atoms with Crippen molar-refractivity contribution in [2.45, 2.75) is 57.2 Å². The molecule has 2 amide bonds. The Labute approximate surface area is 262 Å². The molecule has 1 aliphatic carbocycles. The number of nitrogens with one attached hydrogen (secondary N) is 1. The van der Waals surface area contributed by atoms with Crippen molar-refractivity contribution in [3.05, 3.63) is 99.0 Å². The van der Waals surface area contributed by atoms with Gasteiger partial charge >= 0.3 is 0 Å². The van der Waals surface area contributed by atoms with Crippen LogP contribution >= 0.6 is 34.8 Å². The number of carbonyl (C=O) groups is 2. The maximum atomic E-state index is 14.2. The summed E-state index contributed by atoms with van der Waals surface area (Å²) in [6, 6.07) is 20.0. The Bertz CT molecular complexity index is 1500. The van der Waals surface area contributed by atoms with E-state index in [9.17, 15) is 18.0 Å². The number of anilines is 1. The number of carbonyl (C=O) groups excluding carboxylic acids is 2. The van der Waals surface area contributed by atoms with Gasteiger partial charge in [0, 0.05) is 24.0 Å². The fourth-order valence-corrected chi connectivity index (χ4v) is 6.53. The summed E-state index contributed by atoms with van der Waals surface area (Å²) in [7, 11) is -3.92. The van der Waals surface area contributed by atoms with E-state index in [2.05, 4.69) is 5.32 Å². The molecule has 1 unspecified atom stereocenters.